The standard InChI is InChI=1S/C24H32IN3O4S/c1-17-9-7-8-10-19(17)15-27(18(2)23(30)26-24(3,4)5)22(29)16-28(33(6,31)32)21-13-11-20(25)12-14-21/h7-14,18H,15-16H2,1-6H3,(H,26,30). The van der Waals surface area contributed by atoms with Gasteiger partial charge >= 0.3 is 0 Å². The first kappa shape index (κ1) is 27.1. The minimum Gasteiger partial charge on any atom is -0.350 e. The van der Waals surface area contributed by atoms with Gasteiger partial charge in [-0.05, 0) is 92.6 Å². The average Bonchev–Trinajstić information content (AvgIpc) is 2.69. The molecule has 0 aliphatic carbocycles. The minimum atomic E-state index is -3.73. The van der Waals surface area contributed by atoms with Crippen LogP contribution in [0.2, 0.25) is 0 Å². The zero-order valence-corrected chi connectivity index (χ0v) is 22.9. The van der Waals surface area contributed by atoms with Gasteiger partial charge in [0.15, 0.2) is 0 Å². The number of benzene rings is 2. The Hall–Kier alpha value is -2.14. The van der Waals surface area contributed by atoms with Crippen molar-refractivity contribution in [3.8, 4) is 0 Å². The van der Waals surface area contributed by atoms with Crippen LogP contribution < -0.4 is 9.62 Å². The summed E-state index contributed by atoms with van der Waals surface area (Å²) < 4.78 is 27.1. The van der Waals surface area contributed by atoms with Crippen molar-refractivity contribution in [3.05, 3.63) is 63.2 Å². The highest BCUT2D eigenvalue weighted by molar-refractivity contribution is 14.1. The van der Waals surface area contributed by atoms with Crippen LogP contribution in [-0.2, 0) is 26.2 Å². The summed E-state index contributed by atoms with van der Waals surface area (Å²) in [5, 5.41) is 2.91. The Morgan fingerprint density at radius 2 is 1.64 bits per heavy atom. The second-order valence-corrected chi connectivity index (χ2v) is 12.3. The van der Waals surface area contributed by atoms with Gasteiger partial charge in [0.2, 0.25) is 21.8 Å². The number of hydrogen-bond donors (Lipinski definition) is 1. The molecule has 0 saturated heterocycles. The Balaban J connectivity index is 2.41. The minimum absolute atomic E-state index is 0.189. The van der Waals surface area contributed by atoms with E-state index in [1.807, 2.05) is 52.0 Å². The van der Waals surface area contributed by atoms with Crippen LogP contribution in [0.5, 0.6) is 0 Å². The summed E-state index contributed by atoms with van der Waals surface area (Å²) >= 11 is 2.13. The van der Waals surface area contributed by atoms with Crippen molar-refractivity contribution in [1.82, 2.24) is 10.2 Å². The summed E-state index contributed by atoms with van der Waals surface area (Å²) in [6, 6.07) is 13.7. The number of halogens is 1. The highest BCUT2D eigenvalue weighted by Gasteiger charge is 2.31. The maximum atomic E-state index is 13.5. The van der Waals surface area contributed by atoms with Gasteiger partial charge in [0.05, 0.1) is 11.9 Å². The third-order valence-corrected chi connectivity index (χ3v) is 6.92. The zero-order valence-electron chi connectivity index (χ0n) is 19.9. The molecular weight excluding hydrogens is 553 g/mol. The molecule has 0 saturated carbocycles. The third-order valence-electron chi connectivity index (χ3n) is 5.06. The van der Waals surface area contributed by atoms with Crippen LogP contribution in [0.15, 0.2) is 48.5 Å². The lowest BCUT2D eigenvalue weighted by molar-refractivity contribution is -0.140. The van der Waals surface area contributed by atoms with Crippen LogP contribution in [0.4, 0.5) is 5.69 Å². The molecule has 2 rings (SSSR count). The molecular formula is C24H32IN3O4S. The van der Waals surface area contributed by atoms with E-state index in [0.717, 1.165) is 25.3 Å². The van der Waals surface area contributed by atoms with Crippen molar-refractivity contribution in [2.45, 2.75) is 52.7 Å². The van der Waals surface area contributed by atoms with Gasteiger partial charge < -0.3 is 10.2 Å². The van der Waals surface area contributed by atoms with E-state index in [-0.39, 0.29) is 12.5 Å². The SMILES string of the molecule is Cc1ccccc1CN(C(=O)CN(c1ccc(I)cc1)S(C)(=O)=O)C(C)C(=O)NC(C)(C)C. The molecule has 0 aliphatic heterocycles. The molecule has 0 heterocycles. The summed E-state index contributed by atoms with van der Waals surface area (Å²) in [5.41, 5.74) is 1.80. The number of carbonyl (C=O) groups excluding carboxylic acids is 2. The van der Waals surface area contributed by atoms with Gasteiger partial charge in [-0.3, -0.25) is 13.9 Å². The van der Waals surface area contributed by atoms with Crippen LogP contribution in [-0.4, -0.2) is 49.5 Å². The first-order valence-electron chi connectivity index (χ1n) is 10.6. The number of anilines is 1. The fraction of sp³-hybridized carbons (Fsp3) is 0.417. The van der Waals surface area contributed by atoms with Gasteiger partial charge in [0, 0.05) is 15.7 Å². The van der Waals surface area contributed by atoms with E-state index in [4.69, 9.17) is 0 Å². The molecule has 180 valence electrons. The number of hydrogen-bond acceptors (Lipinski definition) is 4. The smallest absolute Gasteiger partial charge is 0.244 e. The average molecular weight is 586 g/mol. The third kappa shape index (κ3) is 7.99. The number of nitrogens with one attached hydrogen (secondary N) is 1. The van der Waals surface area contributed by atoms with Crippen LogP contribution in [0.1, 0.15) is 38.8 Å². The summed E-state index contributed by atoms with van der Waals surface area (Å²) in [6.07, 6.45) is 1.07. The highest BCUT2D eigenvalue weighted by atomic mass is 127. The van der Waals surface area contributed by atoms with Crippen molar-refractivity contribution in [2.24, 2.45) is 0 Å². The number of nitrogens with zero attached hydrogens (tertiary/aromatic N) is 2. The number of rotatable bonds is 8. The van der Waals surface area contributed by atoms with Crippen molar-refractivity contribution in [2.75, 3.05) is 17.1 Å². The van der Waals surface area contributed by atoms with Gasteiger partial charge in [0.1, 0.15) is 12.6 Å². The number of sulfonamides is 1. The zero-order chi connectivity index (χ0) is 25.0. The molecule has 0 radical (unpaired) electrons. The van der Waals surface area contributed by atoms with E-state index in [0.29, 0.717) is 5.69 Å². The summed E-state index contributed by atoms with van der Waals surface area (Å²) in [7, 11) is -3.73. The van der Waals surface area contributed by atoms with Crippen molar-refractivity contribution in [3.63, 3.8) is 0 Å². The van der Waals surface area contributed by atoms with Gasteiger partial charge in [0.25, 0.3) is 0 Å². The number of amides is 2. The molecule has 0 fully saturated rings. The Morgan fingerprint density at radius 1 is 1.06 bits per heavy atom. The Labute approximate surface area is 210 Å². The van der Waals surface area contributed by atoms with Crippen molar-refractivity contribution in [1.29, 1.82) is 0 Å². The van der Waals surface area contributed by atoms with E-state index in [1.165, 1.54) is 4.90 Å². The van der Waals surface area contributed by atoms with Gasteiger partial charge in [-0.1, -0.05) is 24.3 Å². The highest BCUT2D eigenvalue weighted by Crippen LogP contribution is 2.21. The van der Waals surface area contributed by atoms with Crippen molar-refractivity contribution >= 4 is 50.1 Å². The first-order valence-corrected chi connectivity index (χ1v) is 13.5. The normalized spacial score (nSPS) is 12.7. The topological polar surface area (TPSA) is 86.8 Å². The van der Waals surface area contributed by atoms with Gasteiger partial charge in [-0.25, -0.2) is 8.42 Å². The lowest BCUT2D eigenvalue weighted by atomic mass is 10.1. The lowest BCUT2D eigenvalue weighted by Gasteiger charge is -2.33. The molecule has 0 bridgehead atoms. The second-order valence-electron chi connectivity index (χ2n) is 9.11. The predicted octanol–water partition coefficient (Wildman–Crippen LogP) is 3.70. The van der Waals surface area contributed by atoms with E-state index < -0.39 is 34.1 Å². The Kier molecular flexibility index (Phi) is 8.92. The molecule has 0 spiro atoms. The fourth-order valence-electron chi connectivity index (χ4n) is 3.25. The first-order chi connectivity index (χ1) is 15.2. The maximum absolute atomic E-state index is 13.5. The van der Waals surface area contributed by atoms with E-state index in [2.05, 4.69) is 27.9 Å². The molecule has 9 heteroatoms. The Bertz CT molecular complexity index is 1100. The quantitative estimate of drug-likeness (QED) is 0.479. The predicted molar refractivity (Wildman–Crippen MR) is 140 cm³/mol. The van der Waals surface area contributed by atoms with Gasteiger partial charge in [-0.15, -0.1) is 0 Å². The van der Waals surface area contributed by atoms with Gasteiger partial charge in [-0.2, -0.15) is 0 Å². The van der Waals surface area contributed by atoms with E-state index >= 15 is 0 Å². The molecule has 2 aromatic rings. The van der Waals surface area contributed by atoms with Crippen molar-refractivity contribution < 1.29 is 18.0 Å². The summed E-state index contributed by atoms with van der Waals surface area (Å²) in [4.78, 5) is 27.9. The number of carbonyl (C=O) groups is 2. The molecule has 2 aromatic carbocycles. The fourth-order valence-corrected chi connectivity index (χ4v) is 4.46. The monoisotopic (exact) mass is 585 g/mol. The summed E-state index contributed by atoms with van der Waals surface area (Å²) in [6.45, 7) is 8.99. The van der Waals surface area contributed by atoms with Crippen LogP contribution in [0.25, 0.3) is 0 Å². The maximum Gasteiger partial charge on any atom is 0.244 e. The molecule has 1 atom stereocenters. The molecule has 0 aliphatic rings. The molecule has 1 N–H and O–H groups in total. The second kappa shape index (κ2) is 10.9. The van der Waals surface area contributed by atoms with E-state index in [1.54, 1.807) is 31.2 Å². The largest absolute Gasteiger partial charge is 0.350 e. The molecule has 2 amide bonds. The molecule has 33 heavy (non-hydrogen) atoms. The van der Waals surface area contributed by atoms with E-state index in [9.17, 15) is 18.0 Å². The van der Waals surface area contributed by atoms with Crippen LogP contribution in [0.3, 0.4) is 0 Å². The number of aryl methyl sites for hydroxylation is 1. The van der Waals surface area contributed by atoms with Crippen LogP contribution >= 0.6 is 22.6 Å². The Morgan fingerprint density at radius 3 is 2.15 bits per heavy atom. The molecule has 7 nitrogen and oxygen atoms in total. The van der Waals surface area contributed by atoms with Crippen LogP contribution in [0, 0.1) is 10.5 Å². The molecule has 0 aromatic heterocycles. The molecule has 1 unspecified atom stereocenters. The summed E-state index contributed by atoms with van der Waals surface area (Å²) in [5.74, 6) is -0.761. The lowest BCUT2D eigenvalue weighted by Crippen LogP contribution is -2.54.